The molecule has 158 valence electrons. The summed E-state index contributed by atoms with van der Waals surface area (Å²) in [5.74, 6) is -0.724. The molecule has 5 nitrogen and oxygen atoms in total. The van der Waals surface area contributed by atoms with E-state index in [1.54, 1.807) is 0 Å². The van der Waals surface area contributed by atoms with Crippen molar-refractivity contribution in [3.05, 3.63) is 77.1 Å². The van der Waals surface area contributed by atoms with E-state index in [-0.39, 0.29) is 11.0 Å². The van der Waals surface area contributed by atoms with Crippen molar-refractivity contribution >= 4 is 34.0 Å². The zero-order valence-corrected chi connectivity index (χ0v) is 17.0. The highest BCUT2D eigenvalue weighted by atomic mass is 32.1. The van der Waals surface area contributed by atoms with Gasteiger partial charge in [0.1, 0.15) is 0 Å². The molecule has 0 spiro atoms. The Hall–Kier alpha value is -3.46. The van der Waals surface area contributed by atoms with Crippen molar-refractivity contribution < 1.29 is 23.1 Å². The van der Waals surface area contributed by atoms with E-state index in [4.69, 9.17) is 5.11 Å². The number of nitrogens with zero attached hydrogens (tertiary/aromatic N) is 2. The first kappa shape index (κ1) is 20.8. The first-order chi connectivity index (χ1) is 14.7. The zero-order chi connectivity index (χ0) is 22.2. The van der Waals surface area contributed by atoms with Crippen molar-refractivity contribution in [3.8, 4) is 11.1 Å². The number of hydrogen-bond donors (Lipinski definition) is 2. The van der Waals surface area contributed by atoms with Crippen LogP contribution < -0.4 is 5.32 Å². The third kappa shape index (κ3) is 4.36. The van der Waals surface area contributed by atoms with Crippen LogP contribution in [-0.4, -0.2) is 20.4 Å². The van der Waals surface area contributed by atoms with E-state index in [0.29, 0.717) is 11.4 Å². The molecule has 0 aliphatic rings. The number of aromatic nitrogens is 2. The molecule has 0 radical (unpaired) electrons. The van der Waals surface area contributed by atoms with Gasteiger partial charge in [-0.3, -0.25) is 0 Å². The number of hydrogen-bond acceptors (Lipinski definition) is 5. The van der Waals surface area contributed by atoms with Gasteiger partial charge in [0.05, 0.1) is 11.6 Å². The number of alkyl halides is 3. The van der Waals surface area contributed by atoms with Gasteiger partial charge >= 0.3 is 12.1 Å². The second-order valence-electron chi connectivity index (χ2n) is 6.95. The van der Waals surface area contributed by atoms with E-state index in [9.17, 15) is 18.0 Å². The quantitative estimate of drug-likeness (QED) is 0.381. The van der Waals surface area contributed by atoms with E-state index in [1.807, 2.05) is 43.3 Å². The number of carbonyl (C=O) groups is 1. The third-order valence-corrected chi connectivity index (χ3v) is 5.52. The average Bonchev–Trinajstić information content (AvgIpc) is 3.23. The van der Waals surface area contributed by atoms with E-state index in [0.717, 1.165) is 45.7 Å². The molecule has 3 aromatic carbocycles. The molecule has 0 amide bonds. The van der Waals surface area contributed by atoms with Crippen LogP contribution in [0, 0.1) is 0 Å². The smallest absolute Gasteiger partial charge is 0.416 e. The van der Waals surface area contributed by atoms with Gasteiger partial charge in [-0.25, -0.2) is 9.78 Å². The highest BCUT2D eigenvalue weighted by molar-refractivity contribution is 7.07. The topological polar surface area (TPSA) is 75.1 Å². The number of carboxylic acids is 1. The largest absolute Gasteiger partial charge is 0.476 e. The molecular formula is C22H16F3N3O2S. The van der Waals surface area contributed by atoms with Crippen molar-refractivity contribution in [1.82, 2.24) is 9.36 Å². The average molecular weight is 443 g/mol. The molecule has 2 N–H and O–H groups in total. The molecule has 1 aromatic heterocycles. The molecule has 0 saturated heterocycles. The summed E-state index contributed by atoms with van der Waals surface area (Å²) in [6, 6.07) is 16.1. The molecule has 0 bridgehead atoms. The van der Waals surface area contributed by atoms with E-state index in [1.165, 1.54) is 12.1 Å². The second-order valence-corrected chi connectivity index (χ2v) is 7.70. The fourth-order valence-corrected chi connectivity index (χ4v) is 3.87. The first-order valence-corrected chi connectivity index (χ1v) is 10.0. The van der Waals surface area contributed by atoms with Crippen LogP contribution in [0.3, 0.4) is 0 Å². The van der Waals surface area contributed by atoms with Crippen molar-refractivity contribution in [2.75, 3.05) is 5.32 Å². The molecule has 1 heterocycles. The number of halogens is 3. The summed E-state index contributed by atoms with van der Waals surface area (Å²) in [5, 5.41) is 14.0. The van der Waals surface area contributed by atoms with Gasteiger partial charge in [-0.05, 0) is 64.6 Å². The lowest BCUT2D eigenvalue weighted by atomic mass is 9.97. The number of rotatable bonds is 5. The Morgan fingerprint density at radius 1 is 1.10 bits per heavy atom. The highest BCUT2D eigenvalue weighted by Gasteiger charge is 2.30. The van der Waals surface area contributed by atoms with Crippen molar-refractivity contribution in [2.24, 2.45) is 0 Å². The number of fused-ring (bicyclic) bond motifs is 1. The summed E-state index contributed by atoms with van der Waals surface area (Å²) >= 11 is 0.830. The summed E-state index contributed by atoms with van der Waals surface area (Å²) in [6.07, 6.45) is -4.37. The third-order valence-electron chi connectivity index (χ3n) is 4.80. The summed E-state index contributed by atoms with van der Waals surface area (Å²) in [5.41, 5.74) is 1.63. The van der Waals surface area contributed by atoms with Crippen LogP contribution in [0.5, 0.6) is 0 Å². The van der Waals surface area contributed by atoms with Gasteiger partial charge in [0.25, 0.3) is 0 Å². The van der Waals surface area contributed by atoms with E-state index < -0.39 is 17.7 Å². The number of aromatic carboxylic acids is 1. The van der Waals surface area contributed by atoms with Crippen LogP contribution in [0.1, 0.15) is 34.2 Å². The fraction of sp³-hybridized carbons (Fsp3) is 0.136. The van der Waals surface area contributed by atoms with Crippen LogP contribution in [-0.2, 0) is 6.18 Å². The molecule has 31 heavy (non-hydrogen) atoms. The SMILES string of the molecule is CC(Nc1ccc2c(-c3ccc(C(F)(F)F)cc3)cccc2c1)c1nsc(C(=O)O)n1. The maximum Gasteiger partial charge on any atom is 0.416 e. The van der Waals surface area contributed by atoms with Crippen LogP contribution in [0.15, 0.2) is 60.7 Å². The number of benzene rings is 3. The lowest BCUT2D eigenvalue weighted by Gasteiger charge is -2.14. The summed E-state index contributed by atoms with van der Waals surface area (Å²) in [7, 11) is 0. The minimum atomic E-state index is -4.37. The molecule has 4 rings (SSSR count). The molecule has 1 unspecified atom stereocenters. The maximum absolute atomic E-state index is 12.8. The van der Waals surface area contributed by atoms with Gasteiger partial charge in [-0.15, -0.1) is 0 Å². The van der Waals surface area contributed by atoms with Gasteiger partial charge in [0, 0.05) is 5.69 Å². The Morgan fingerprint density at radius 2 is 1.84 bits per heavy atom. The molecule has 4 aromatic rings. The maximum atomic E-state index is 12.8. The van der Waals surface area contributed by atoms with E-state index in [2.05, 4.69) is 14.7 Å². The number of carboxylic acid groups (broad SMARTS) is 1. The van der Waals surface area contributed by atoms with Gasteiger partial charge < -0.3 is 10.4 Å². The lowest BCUT2D eigenvalue weighted by molar-refractivity contribution is -0.137. The Labute approximate surface area is 179 Å². The highest BCUT2D eigenvalue weighted by Crippen LogP contribution is 2.34. The minimum absolute atomic E-state index is 0.0663. The minimum Gasteiger partial charge on any atom is -0.476 e. The second kappa shape index (κ2) is 7.99. The number of nitrogens with one attached hydrogen (secondary N) is 1. The molecule has 1 atom stereocenters. The standard InChI is InChI=1S/C22H16F3N3O2S/c1-12(19-27-20(21(29)30)31-28-19)26-16-9-10-18-14(11-16)3-2-4-17(18)13-5-7-15(8-6-13)22(23,24)25/h2-12,26H,1H3,(H,29,30). The molecule has 0 aliphatic carbocycles. The first-order valence-electron chi connectivity index (χ1n) is 9.26. The van der Waals surface area contributed by atoms with Crippen molar-refractivity contribution in [1.29, 1.82) is 0 Å². The predicted molar refractivity (Wildman–Crippen MR) is 113 cm³/mol. The molecule has 0 saturated carbocycles. The van der Waals surface area contributed by atoms with Crippen molar-refractivity contribution in [3.63, 3.8) is 0 Å². The predicted octanol–water partition coefficient (Wildman–Crippen LogP) is 6.25. The van der Waals surface area contributed by atoms with Gasteiger partial charge in [-0.1, -0.05) is 36.4 Å². The van der Waals surface area contributed by atoms with Gasteiger partial charge in [0.15, 0.2) is 5.82 Å². The number of anilines is 1. The Morgan fingerprint density at radius 3 is 2.48 bits per heavy atom. The van der Waals surface area contributed by atoms with Crippen LogP contribution in [0.2, 0.25) is 0 Å². The molecule has 0 fully saturated rings. The Balaban J connectivity index is 1.61. The Kier molecular flexibility index (Phi) is 5.36. The summed E-state index contributed by atoms with van der Waals surface area (Å²) < 4.78 is 42.6. The van der Waals surface area contributed by atoms with Crippen LogP contribution >= 0.6 is 11.5 Å². The van der Waals surface area contributed by atoms with Gasteiger partial charge in [0.2, 0.25) is 5.01 Å². The lowest BCUT2D eigenvalue weighted by Crippen LogP contribution is -2.09. The van der Waals surface area contributed by atoms with E-state index >= 15 is 0 Å². The molecular weight excluding hydrogens is 427 g/mol. The Bertz CT molecular complexity index is 1250. The normalized spacial score (nSPS) is 12.6. The molecule has 0 aliphatic heterocycles. The van der Waals surface area contributed by atoms with Gasteiger partial charge in [-0.2, -0.15) is 17.5 Å². The monoisotopic (exact) mass is 443 g/mol. The summed E-state index contributed by atoms with van der Waals surface area (Å²) in [4.78, 5) is 15.0. The van der Waals surface area contributed by atoms with Crippen LogP contribution in [0.25, 0.3) is 21.9 Å². The van der Waals surface area contributed by atoms with Crippen molar-refractivity contribution in [2.45, 2.75) is 19.1 Å². The summed E-state index contributed by atoms with van der Waals surface area (Å²) in [6.45, 7) is 1.83. The molecule has 9 heteroatoms. The van der Waals surface area contributed by atoms with Crippen LogP contribution in [0.4, 0.5) is 18.9 Å². The zero-order valence-electron chi connectivity index (χ0n) is 16.1. The fourth-order valence-electron chi connectivity index (χ4n) is 3.28.